The standard InChI is InChI=1S/C13H14FN3O3/c14-9-1-2-11-10(7-9)15-13(20-11)17-5-3-16(4-6-17)8-12(18)19/h1-2,7H,3-6,8H2,(H,18,19). The fourth-order valence-corrected chi connectivity index (χ4v) is 2.31. The normalized spacial score (nSPS) is 16.8. The third-order valence-corrected chi connectivity index (χ3v) is 3.34. The number of piperazine rings is 1. The lowest BCUT2D eigenvalue weighted by Crippen LogP contribution is -2.48. The van der Waals surface area contributed by atoms with Crippen LogP contribution in [0.2, 0.25) is 0 Å². The van der Waals surface area contributed by atoms with Gasteiger partial charge in [0, 0.05) is 32.2 Å². The minimum Gasteiger partial charge on any atom is -0.480 e. The maximum Gasteiger partial charge on any atom is 0.317 e. The number of carboxylic acids is 1. The molecule has 0 saturated carbocycles. The zero-order valence-corrected chi connectivity index (χ0v) is 10.8. The Labute approximate surface area is 114 Å². The minimum absolute atomic E-state index is 0.0482. The maximum absolute atomic E-state index is 13.1. The fourth-order valence-electron chi connectivity index (χ4n) is 2.31. The zero-order valence-electron chi connectivity index (χ0n) is 10.8. The maximum atomic E-state index is 13.1. The van der Waals surface area contributed by atoms with Crippen LogP contribution in [0.3, 0.4) is 0 Å². The molecule has 1 N–H and O–H groups in total. The van der Waals surface area contributed by atoms with Gasteiger partial charge in [-0.1, -0.05) is 0 Å². The second kappa shape index (κ2) is 5.09. The van der Waals surface area contributed by atoms with Crippen molar-refractivity contribution in [1.29, 1.82) is 0 Å². The first-order valence-electron chi connectivity index (χ1n) is 6.37. The van der Waals surface area contributed by atoms with Gasteiger partial charge in [-0.05, 0) is 12.1 Å². The summed E-state index contributed by atoms with van der Waals surface area (Å²) in [5.74, 6) is -1.17. The van der Waals surface area contributed by atoms with Crippen LogP contribution in [0.4, 0.5) is 10.4 Å². The number of carboxylic acid groups (broad SMARTS) is 1. The number of oxazole rings is 1. The van der Waals surface area contributed by atoms with E-state index in [9.17, 15) is 9.18 Å². The van der Waals surface area contributed by atoms with Gasteiger partial charge in [-0.15, -0.1) is 0 Å². The van der Waals surface area contributed by atoms with Crippen LogP contribution in [0.25, 0.3) is 11.1 Å². The van der Waals surface area contributed by atoms with Gasteiger partial charge in [0.15, 0.2) is 5.58 Å². The second-order valence-electron chi connectivity index (χ2n) is 4.77. The number of hydrogen-bond acceptors (Lipinski definition) is 5. The van der Waals surface area contributed by atoms with Gasteiger partial charge in [0.1, 0.15) is 11.3 Å². The molecule has 0 aliphatic carbocycles. The van der Waals surface area contributed by atoms with E-state index in [0.29, 0.717) is 43.3 Å². The molecule has 20 heavy (non-hydrogen) atoms. The smallest absolute Gasteiger partial charge is 0.317 e. The highest BCUT2D eigenvalue weighted by atomic mass is 19.1. The highest BCUT2D eigenvalue weighted by Crippen LogP contribution is 2.23. The van der Waals surface area contributed by atoms with Crippen molar-refractivity contribution in [2.75, 3.05) is 37.6 Å². The monoisotopic (exact) mass is 279 g/mol. The Kier molecular flexibility index (Phi) is 3.27. The molecule has 7 heteroatoms. The first-order chi connectivity index (χ1) is 9.61. The van der Waals surface area contributed by atoms with Crippen molar-refractivity contribution in [3.8, 4) is 0 Å². The molecule has 2 aromatic rings. The van der Waals surface area contributed by atoms with Gasteiger partial charge < -0.3 is 14.4 Å². The first-order valence-corrected chi connectivity index (χ1v) is 6.37. The number of fused-ring (bicyclic) bond motifs is 1. The van der Waals surface area contributed by atoms with E-state index in [-0.39, 0.29) is 12.4 Å². The van der Waals surface area contributed by atoms with Gasteiger partial charge in [0.05, 0.1) is 6.54 Å². The molecule has 1 aromatic carbocycles. The van der Waals surface area contributed by atoms with E-state index in [2.05, 4.69) is 4.98 Å². The summed E-state index contributed by atoms with van der Waals surface area (Å²) in [7, 11) is 0. The Bertz CT molecular complexity index is 635. The highest BCUT2D eigenvalue weighted by molar-refractivity contribution is 5.74. The van der Waals surface area contributed by atoms with Crippen molar-refractivity contribution >= 4 is 23.1 Å². The van der Waals surface area contributed by atoms with Crippen LogP contribution >= 0.6 is 0 Å². The lowest BCUT2D eigenvalue weighted by Gasteiger charge is -2.32. The predicted molar refractivity (Wildman–Crippen MR) is 70.3 cm³/mol. The highest BCUT2D eigenvalue weighted by Gasteiger charge is 2.22. The number of nitrogens with zero attached hydrogens (tertiary/aromatic N) is 3. The summed E-state index contributed by atoms with van der Waals surface area (Å²) >= 11 is 0. The number of aromatic nitrogens is 1. The van der Waals surface area contributed by atoms with Gasteiger partial charge in [0.25, 0.3) is 6.01 Å². The molecule has 1 fully saturated rings. The van der Waals surface area contributed by atoms with E-state index in [4.69, 9.17) is 9.52 Å². The van der Waals surface area contributed by atoms with Crippen molar-refractivity contribution in [2.45, 2.75) is 0 Å². The number of benzene rings is 1. The molecule has 0 radical (unpaired) electrons. The number of aliphatic carboxylic acids is 1. The molecule has 0 atom stereocenters. The average molecular weight is 279 g/mol. The molecule has 6 nitrogen and oxygen atoms in total. The Morgan fingerprint density at radius 3 is 2.80 bits per heavy atom. The molecule has 0 unspecified atom stereocenters. The summed E-state index contributed by atoms with van der Waals surface area (Å²) < 4.78 is 18.7. The average Bonchev–Trinajstić information content (AvgIpc) is 2.81. The molecule has 0 amide bonds. The van der Waals surface area contributed by atoms with E-state index < -0.39 is 5.97 Å². The summed E-state index contributed by atoms with van der Waals surface area (Å²) in [5.41, 5.74) is 1.04. The molecule has 1 aliphatic heterocycles. The summed E-state index contributed by atoms with van der Waals surface area (Å²) in [4.78, 5) is 18.7. The molecular formula is C13H14FN3O3. The van der Waals surface area contributed by atoms with Crippen LogP contribution < -0.4 is 4.90 Å². The Hall–Kier alpha value is -2.15. The minimum atomic E-state index is -0.823. The third-order valence-electron chi connectivity index (χ3n) is 3.34. The van der Waals surface area contributed by atoms with Gasteiger partial charge in [0.2, 0.25) is 0 Å². The number of halogens is 1. The zero-order chi connectivity index (χ0) is 14.1. The van der Waals surface area contributed by atoms with Gasteiger partial charge >= 0.3 is 5.97 Å². The summed E-state index contributed by atoms with van der Waals surface area (Å²) in [6.45, 7) is 2.61. The van der Waals surface area contributed by atoms with E-state index >= 15 is 0 Å². The molecule has 2 heterocycles. The van der Waals surface area contributed by atoms with E-state index in [1.54, 1.807) is 6.07 Å². The summed E-state index contributed by atoms with van der Waals surface area (Å²) in [6.07, 6.45) is 0. The van der Waals surface area contributed by atoms with Crippen molar-refractivity contribution in [1.82, 2.24) is 9.88 Å². The Morgan fingerprint density at radius 1 is 1.35 bits per heavy atom. The van der Waals surface area contributed by atoms with Crippen molar-refractivity contribution in [3.05, 3.63) is 24.0 Å². The van der Waals surface area contributed by atoms with Crippen LogP contribution in [-0.2, 0) is 4.79 Å². The van der Waals surface area contributed by atoms with Crippen molar-refractivity contribution < 1.29 is 18.7 Å². The SMILES string of the molecule is O=C(O)CN1CCN(c2nc3cc(F)ccc3o2)CC1. The van der Waals surface area contributed by atoms with Crippen LogP contribution in [0.5, 0.6) is 0 Å². The largest absolute Gasteiger partial charge is 0.480 e. The van der Waals surface area contributed by atoms with E-state index in [1.807, 2.05) is 9.80 Å². The lowest BCUT2D eigenvalue weighted by molar-refractivity contribution is -0.138. The molecule has 0 spiro atoms. The van der Waals surface area contributed by atoms with Crippen LogP contribution in [-0.4, -0.2) is 53.7 Å². The van der Waals surface area contributed by atoms with Gasteiger partial charge in [-0.3, -0.25) is 9.69 Å². The number of anilines is 1. The third kappa shape index (κ3) is 2.57. The molecule has 1 aliphatic rings. The van der Waals surface area contributed by atoms with Crippen molar-refractivity contribution in [3.63, 3.8) is 0 Å². The first kappa shape index (κ1) is 12.9. The van der Waals surface area contributed by atoms with Crippen LogP contribution in [0.1, 0.15) is 0 Å². The number of rotatable bonds is 3. The molecule has 106 valence electrons. The molecule has 3 rings (SSSR count). The molecular weight excluding hydrogens is 265 g/mol. The number of hydrogen-bond donors (Lipinski definition) is 1. The van der Waals surface area contributed by atoms with E-state index in [0.717, 1.165) is 0 Å². The summed E-state index contributed by atoms with van der Waals surface area (Å²) in [5, 5.41) is 8.75. The summed E-state index contributed by atoms with van der Waals surface area (Å²) in [6, 6.07) is 4.69. The van der Waals surface area contributed by atoms with E-state index in [1.165, 1.54) is 12.1 Å². The van der Waals surface area contributed by atoms with Gasteiger partial charge in [-0.2, -0.15) is 4.98 Å². The molecule has 1 aromatic heterocycles. The lowest BCUT2D eigenvalue weighted by atomic mass is 10.3. The van der Waals surface area contributed by atoms with Crippen LogP contribution in [0, 0.1) is 5.82 Å². The van der Waals surface area contributed by atoms with Crippen molar-refractivity contribution in [2.24, 2.45) is 0 Å². The quantitative estimate of drug-likeness (QED) is 0.909. The second-order valence-corrected chi connectivity index (χ2v) is 4.77. The predicted octanol–water partition coefficient (Wildman–Crippen LogP) is 1.17. The Morgan fingerprint density at radius 2 is 2.10 bits per heavy atom. The molecule has 1 saturated heterocycles. The van der Waals surface area contributed by atoms with Crippen LogP contribution in [0.15, 0.2) is 22.6 Å². The van der Waals surface area contributed by atoms with Gasteiger partial charge in [-0.25, -0.2) is 4.39 Å². The molecule has 0 bridgehead atoms. The number of carbonyl (C=O) groups is 1. The Balaban J connectivity index is 1.71. The fraction of sp³-hybridized carbons (Fsp3) is 0.385. The topological polar surface area (TPSA) is 69.8 Å².